The van der Waals surface area contributed by atoms with Crippen molar-refractivity contribution in [2.45, 2.75) is 0 Å². The molecule has 0 unspecified atom stereocenters. The number of nitrogens with zero attached hydrogens (tertiary/aromatic N) is 1. The van der Waals surface area contributed by atoms with Crippen LogP contribution in [0.2, 0.25) is 0 Å². The Morgan fingerprint density at radius 1 is 0.516 bits per heavy atom. The predicted molar refractivity (Wildman–Crippen MR) is 125 cm³/mol. The molecule has 1 radical (unpaired) electrons. The van der Waals surface area contributed by atoms with Crippen molar-refractivity contribution >= 4 is 30.5 Å². The number of benzene rings is 3. The molecule has 3 rings (SSSR count). The molecule has 0 heterocycles. The van der Waals surface area contributed by atoms with Crippen LogP contribution in [0.25, 0.3) is 0 Å². The van der Waals surface area contributed by atoms with Gasteiger partial charge in [0.15, 0.2) is 0 Å². The Morgan fingerprint density at radius 2 is 0.774 bits per heavy atom. The summed E-state index contributed by atoms with van der Waals surface area (Å²) in [6, 6.07) is 32.9. The fraction of sp³-hybridized carbons (Fsp3) is 0.250. The van der Waals surface area contributed by atoms with Crippen molar-refractivity contribution in [3.63, 3.8) is 0 Å². The maximum absolute atomic E-state index is 8.48. The van der Waals surface area contributed by atoms with Crippen LogP contribution in [-0.4, -0.2) is 84.9 Å². The van der Waals surface area contributed by atoms with Gasteiger partial charge in [-0.25, -0.2) is 0 Å². The molecule has 5 nitrogen and oxygen atoms in total. The van der Waals surface area contributed by atoms with Crippen molar-refractivity contribution in [2.75, 3.05) is 39.5 Å². The predicted octanol–water partition coefficient (Wildman–Crippen LogP) is -0.359. The van der Waals surface area contributed by atoms with E-state index in [9.17, 15) is 0 Å². The van der Waals surface area contributed by atoms with Gasteiger partial charge in [-0.2, -0.15) is 0 Å². The normalized spacial score (nSPS) is 9.97. The number of hydrogen-bond acceptors (Lipinski definition) is 4. The third kappa shape index (κ3) is 10.9. The minimum absolute atomic E-state index is 0. The molecular formula is C24H32NO4SnTi. The first kappa shape index (κ1) is 30.0. The summed E-state index contributed by atoms with van der Waals surface area (Å²) in [7, 11) is 0. The van der Waals surface area contributed by atoms with Gasteiger partial charge in [0.25, 0.3) is 0 Å². The second-order valence-electron chi connectivity index (χ2n) is 6.49. The Labute approximate surface area is 207 Å². The van der Waals surface area contributed by atoms with E-state index >= 15 is 0 Å². The molecule has 165 valence electrons. The van der Waals surface area contributed by atoms with E-state index in [1.165, 1.54) is 10.7 Å². The fourth-order valence-electron chi connectivity index (χ4n) is 3.07. The number of rotatable bonds is 9. The van der Waals surface area contributed by atoms with Gasteiger partial charge in [0.1, 0.15) is 0 Å². The fourth-order valence-corrected chi connectivity index (χ4v) is 10.4. The first-order valence-electron chi connectivity index (χ1n) is 9.88. The van der Waals surface area contributed by atoms with Gasteiger partial charge in [-0.1, -0.05) is 0 Å². The molecule has 0 aliphatic heterocycles. The monoisotopic (exact) mass is 566 g/mol. The summed E-state index contributed by atoms with van der Waals surface area (Å²) in [4.78, 5) is 1.79. The molecule has 3 aromatic carbocycles. The molecule has 0 aliphatic rings. The van der Waals surface area contributed by atoms with Crippen LogP contribution in [0.5, 0.6) is 0 Å². The molecule has 0 bridgehead atoms. The zero-order chi connectivity index (χ0) is 20.7. The Kier molecular flexibility index (Phi) is 17.9. The van der Waals surface area contributed by atoms with Gasteiger partial charge in [-0.05, 0) is 0 Å². The van der Waals surface area contributed by atoms with Crippen LogP contribution in [0.1, 0.15) is 0 Å². The SMILES string of the molecule is O.OCCN(CCO)CCO.[Ti].c1cc[c]([Sn]([c]2ccccc2)[c]2ccccc2)cc1. The molecule has 0 saturated heterocycles. The zero-order valence-corrected chi connectivity index (χ0v) is 22.1. The van der Waals surface area contributed by atoms with Gasteiger partial charge in [0.2, 0.25) is 0 Å². The maximum atomic E-state index is 8.48. The molecule has 0 amide bonds. The molecule has 3 aromatic rings. The van der Waals surface area contributed by atoms with E-state index in [0.717, 1.165) is 0 Å². The molecule has 5 N–H and O–H groups in total. The minimum atomic E-state index is -1.98. The second kappa shape index (κ2) is 18.5. The van der Waals surface area contributed by atoms with Crippen molar-refractivity contribution in [2.24, 2.45) is 0 Å². The topological polar surface area (TPSA) is 95.4 Å². The van der Waals surface area contributed by atoms with Gasteiger partial charge in [-0.3, -0.25) is 4.90 Å². The van der Waals surface area contributed by atoms with Crippen molar-refractivity contribution in [3.8, 4) is 0 Å². The van der Waals surface area contributed by atoms with Crippen LogP contribution < -0.4 is 10.7 Å². The Bertz CT molecular complexity index is 673. The Balaban J connectivity index is 0.000000654. The summed E-state index contributed by atoms with van der Waals surface area (Å²) >= 11 is -1.98. The van der Waals surface area contributed by atoms with E-state index in [1.807, 2.05) is 0 Å². The van der Waals surface area contributed by atoms with E-state index in [0.29, 0.717) is 19.6 Å². The first-order valence-corrected chi connectivity index (χ1v) is 14.2. The van der Waals surface area contributed by atoms with Gasteiger partial charge in [0.05, 0.1) is 19.8 Å². The number of hydrogen-bond donors (Lipinski definition) is 3. The van der Waals surface area contributed by atoms with E-state index in [2.05, 4.69) is 91.0 Å². The molecule has 0 spiro atoms. The van der Waals surface area contributed by atoms with Gasteiger partial charge >= 0.3 is 121 Å². The van der Waals surface area contributed by atoms with Crippen LogP contribution in [0.15, 0.2) is 91.0 Å². The van der Waals surface area contributed by atoms with Crippen LogP contribution in [-0.2, 0) is 21.7 Å². The average molecular weight is 565 g/mol. The van der Waals surface area contributed by atoms with Gasteiger partial charge in [-0.15, -0.1) is 0 Å². The van der Waals surface area contributed by atoms with Crippen molar-refractivity contribution in [3.05, 3.63) is 91.0 Å². The molecule has 0 fully saturated rings. The second-order valence-corrected chi connectivity index (χ2v) is 13.6. The van der Waals surface area contributed by atoms with E-state index in [1.54, 1.807) is 4.90 Å². The van der Waals surface area contributed by atoms with E-state index < -0.39 is 19.8 Å². The summed E-state index contributed by atoms with van der Waals surface area (Å²) in [5.41, 5.74) is 0. The molecule has 0 aliphatic carbocycles. The summed E-state index contributed by atoms with van der Waals surface area (Å²) < 4.78 is 4.59. The van der Waals surface area contributed by atoms with E-state index in [-0.39, 0.29) is 47.0 Å². The van der Waals surface area contributed by atoms with Gasteiger partial charge in [0, 0.05) is 41.4 Å². The molecule has 0 saturated carbocycles. The molecular weight excluding hydrogens is 533 g/mol. The number of aliphatic hydroxyl groups excluding tert-OH is 3. The number of aliphatic hydroxyl groups is 3. The average Bonchev–Trinajstić information content (AvgIpc) is 2.77. The third-order valence-corrected chi connectivity index (χ3v) is 12.2. The van der Waals surface area contributed by atoms with Gasteiger partial charge < -0.3 is 20.8 Å². The summed E-state index contributed by atoms with van der Waals surface area (Å²) in [6.07, 6.45) is 0. The third-order valence-electron chi connectivity index (χ3n) is 4.44. The standard InChI is InChI=1S/C6H15NO3.3C6H5.H2O.Sn.Ti/c8-4-1-7(2-5-9)3-6-10;3*1-2-4-6-5-3-1;;;/h8-10H,1-6H2;3*1-5H;1H2;;. The Hall–Kier alpha value is -1.03. The van der Waals surface area contributed by atoms with Crippen LogP contribution >= 0.6 is 0 Å². The quantitative estimate of drug-likeness (QED) is 0.309. The molecule has 7 heteroatoms. The Morgan fingerprint density at radius 3 is 1.00 bits per heavy atom. The molecule has 0 aromatic heterocycles. The summed E-state index contributed by atoms with van der Waals surface area (Å²) in [6.45, 7) is 1.75. The van der Waals surface area contributed by atoms with Crippen molar-refractivity contribution in [1.82, 2.24) is 4.90 Å². The molecule has 31 heavy (non-hydrogen) atoms. The summed E-state index contributed by atoms with van der Waals surface area (Å²) in [5, 5.41) is 25.5. The summed E-state index contributed by atoms with van der Waals surface area (Å²) in [5.74, 6) is 0. The van der Waals surface area contributed by atoms with Crippen LogP contribution in [0.3, 0.4) is 0 Å². The molecule has 0 atom stereocenters. The van der Waals surface area contributed by atoms with Crippen molar-refractivity contribution < 1.29 is 42.5 Å². The van der Waals surface area contributed by atoms with Crippen molar-refractivity contribution in [1.29, 1.82) is 0 Å². The zero-order valence-electron chi connectivity index (χ0n) is 17.7. The van der Waals surface area contributed by atoms with Crippen LogP contribution in [0, 0.1) is 0 Å². The van der Waals surface area contributed by atoms with E-state index in [4.69, 9.17) is 15.3 Å². The van der Waals surface area contributed by atoms with Crippen LogP contribution in [0.4, 0.5) is 0 Å². The first-order chi connectivity index (χ1) is 14.3.